The Morgan fingerprint density at radius 1 is 0.929 bits per heavy atom. The molecule has 0 heterocycles. The van der Waals surface area contributed by atoms with Gasteiger partial charge in [-0.25, -0.2) is 4.78 Å². The second-order valence-corrected chi connectivity index (χ2v) is 18.7. The van der Waals surface area contributed by atoms with E-state index in [9.17, 15) is 9.13 Å². The van der Waals surface area contributed by atoms with Gasteiger partial charge in [0, 0.05) is 42.0 Å². The molecule has 0 aliphatic heterocycles. The molecule has 0 bridgehead atoms. The van der Waals surface area contributed by atoms with Crippen LogP contribution in [0.2, 0.25) is 0 Å². The fourth-order valence-corrected chi connectivity index (χ4v) is 8.88. The smallest absolute Gasteiger partial charge is 0.344 e. The number of hydrogen-bond acceptors (Lipinski definition) is 10. The van der Waals surface area contributed by atoms with Gasteiger partial charge >= 0.3 is 15.2 Å². The van der Waals surface area contributed by atoms with Crippen LogP contribution in [0.25, 0.3) is 0 Å². The summed E-state index contributed by atoms with van der Waals surface area (Å²) in [5.41, 5.74) is 2.02. The first-order valence-corrected chi connectivity index (χ1v) is 21.0. The van der Waals surface area contributed by atoms with E-state index in [2.05, 4.69) is 18.3 Å². The summed E-state index contributed by atoms with van der Waals surface area (Å²) in [5.74, 6) is 1.63. The summed E-state index contributed by atoms with van der Waals surface area (Å²) < 4.78 is 59.4. The Morgan fingerprint density at radius 3 is 1.95 bits per heavy atom. The molecule has 0 saturated heterocycles. The monoisotopic (exact) mass is 681 g/mol. The SMILES string of the molecule is COP(=O)(CN(CCc1ccc(OC(C)/S(C)=P/N(C)/N=C/c2ccc(OPC)cc2)cc1)CP(=O)(OC)OC)OC. The summed E-state index contributed by atoms with van der Waals surface area (Å²) in [5, 5.41) is 4.55. The summed E-state index contributed by atoms with van der Waals surface area (Å²) in [6, 6.07) is 15.7. The molecule has 11 nitrogen and oxygen atoms in total. The van der Waals surface area contributed by atoms with E-state index < -0.39 is 15.2 Å². The second kappa shape index (κ2) is 18.6. The third-order valence-electron chi connectivity index (χ3n) is 6.00. The highest BCUT2D eigenvalue weighted by Crippen LogP contribution is 2.51. The van der Waals surface area contributed by atoms with Gasteiger partial charge in [0.2, 0.25) is 0 Å². The molecular formula is C26H43N3O8P4S. The minimum atomic E-state index is -3.38. The predicted molar refractivity (Wildman–Crippen MR) is 177 cm³/mol. The molecule has 16 heteroatoms. The zero-order valence-electron chi connectivity index (χ0n) is 25.5. The van der Waals surface area contributed by atoms with Crippen LogP contribution in [0.4, 0.5) is 0 Å². The topological polar surface area (TPSA) is 108 Å². The largest absolute Gasteiger partial charge is 0.480 e. The maximum Gasteiger partial charge on any atom is 0.344 e. The van der Waals surface area contributed by atoms with Crippen LogP contribution in [-0.4, -0.2) is 88.9 Å². The average molecular weight is 682 g/mol. The van der Waals surface area contributed by atoms with Crippen molar-refractivity contribution in [2.75, 3.05) is 67.5 Å². The van der Waals surface area contributed by atoms with Crippen LogP contribution in [0.3, 0.4) is 0 Å². The van der Waals surface area contributed by atoms with Gasteiger partial charge in [0.05, 0.1) is 22.5 Å². The quantitative estimate of drug-likeness (QED) is 0.0900. The molecule has 0 aliphatic carbocycles. The minimum absolute atomic E-state index is 0.0218. The Labute approximate surface area is 256 Å². The van der Waals surface area contributed by atoms with Gasteiger partial charge in [-0.15, -0.1) is 10.1 Å². The zero-order valence-corrected chi connectivity index (χ0v) is 30.0. The summed E-state index contributed by atoms with van der Waals surface area (Å²) in [6.45, 7) is 4.48. The Hall–Kier alpha value is -1.15. The van der Waals surface area contributed by atoms with Crippen LogP contribution in [0.1, 0.15) is 18.1 Å². The van der Waals surface area contributed by atoms with Crippen LogP contribution in [-0.2, 0) is 43.7 Å². The molecule has 2 aromatic rings. The Balaban J connectivity index is 1.97. The van der Waals surface area contributed by atoms with Gasteiger partial charge in [-0.2, -0.15) is 5.10 Å². The second-order valence-electron chi connectivity index (χ2n) is 8.92. The molecule has 2 rings (SSSR count). The third kappa shape index (κ3) is 12.8. The standard InChI is InChI=1S/C26H43N3O8P4S/c1-22(42(8)39-28(2)27-19-24-11-15-26(16-12-24)37-38-7)36-25-13-9-23(10-14-25)17-18-29(20-40(30,32-3)33-4)21-41(31,34-5)35-6/h9-16,19,22,38H,17-18,20-21H2,1-8H3/b27-19+. The molecule has 2 aromatic carbocycles. The highest BCUT2D eigenvalue weighted by molar-refractivity contribution is 8.20. The van der Waals surface area contributed by atoms with Gasteiger partial charge in [-0.1, -0.05) is 12.1 Å². The summed E-state index contributed by atoms with van der Waals surface area (Å²) in [4.78, 5) is 1.71. The molecule has 42 heavy (non-hydrogen) atoms. The number of benzene rings is 2. The Kier molecular flexibility index (Phi) is 16.4. The van der Waals surface area contributed by atoms with Gasteiger partial charge in [0.1, 0.15) is 29.5 Å². The number of rotatable bonds is 19. The van der Waals surface area contributed by atoms with E-state index in [-0.39, 0.29) is 28.1 Å². The molecule has 3 unspecified atom stereocenters. The van der Waals surface area contributed by atoms with E-state index in [0.29, 0.717) is 21.8 Å². The zero-order chi connectivity index (χ0) is 31.2. The lowest BCUT2D eigenvalue weighted by Crippen LogP contribution is -2.29. The number of ether oxygens (including phenoxy) is 1. The van der Waals surface area contributed by atoms with Crippen molar-refractivity contribution >= 4 is 47.8 Å². The minimum Gasteiger partial charge on any atom is -0.480 e. The molecule has 3 atom stereocenters. The summed E-state index contributed by atoms with van der Waals surface area (Å²) in [7, 11) is 1.83. The van der Waals surface area contributed by atoms with E-state index in [0.717, 1.165) is 30.1 Å². The molecule has 0 saturated carbocycles. The fraction of sp³-hybridized carbons (Fsp3) is 0.500. The molecule has 236 valence electrons. The van der Waals surface area contributed by atoms with Gasteiger partial charge in [-0.05, 0) is 73.8 Å². The van der Waals surface area contributed by atoms with Crippen molar-refractivity contribution in [2.24, 2.45) is 5.10 Å². The van der Waals surface area contributed by atoms with Gasteiger partial charge in [0.15, 0.2) is 0 Å². The van der Waals surface area contributed by atoms with Crippen molar-refractivity contribution in [2.45, 2.75) is 18.8 Å². The Bertz CT molecular complexity index is 1210. The summed E-state index contributed by atoms with van der Waals surface area (Å²) in [6.07, 6.45) is 4.49. The first-order valence-electron chi connectivity index (χ1n) is 13.0. The number of hydrazone groups is 1. The van der Waals surface area contributed by atoms with Gasteiger partial charge in [0.25, 0.3) is 0 Å². The predicted octanol–water partition coefficient (Wildman–Crippen LogP) is 6.74. The lowest BCUT2D eigenvalue weighted by Gasteiger charge is -2.27. The normalized spacial score (nSPS) is 14.2. The molecule has 0 amide bonds. The maximum atomic E-state index is 12.7. The summed E-state index contributed by atoms with van der Waals surface area (Å²) >= 11 is 0. The van der Waals surface area contributed by atoms with E-state index in [1.165, 1.54) is 28.4 Å². The van der Waals surface area contributed by atoms with E-state index in [4.69, 9.17) is 27.4 Å². The van der Waals surface area contributed by atoms with Crippen LogP contribution in [0.15, 0.2) is 53.6 Å². The third-order valence-corrected chi connectivity index (χ3v) is 14.2. The van der Waals surface area contributed by atoms with E-state index in [1.807, 2.05) is 73.2 Å². The average Bonchev–Trinajstić information content (AvgIpc) is 3.00. The van der Waals surface area contributed by atoms with Crippen LogP contribution >= 0.6 is 31.5 Å². The molecule has 0 aliphatic rings. The van der Waals surface area contributed by atoms with Crippen LogP contribution in [0, 0.1) is 0 Å². The van der Waals surface area contributed by atoms with Crippen molar-refractivity contribution in [1.82, 2.24) is 9.68 Å². The lowest BCUT2D eigenvalue weighted by molar-refractivity contribution is 0.224. The molecule has 0 spiro atoms. The van der Waals surface area contributed by atoms with Crippen LogP contribution < -0.4 is 9.26 Å². The highest BCUT2D eigenvalue weighted by atomic mass is 32.5. The van der Waals surface area contributed by atoms with Crippen molar-refractivity contribution in [1.29, 1.82) is 0 Å². The lowest BCUT2D eigenvalue weighted by atomic mass is 10.1. The number of hydrogen-bond donors (Lipinski definition) is 0. The fourth-order valence-electron chi connectivity index (χ4n) is 3.50. The van der Waals surface area contributed by atoms with Crippen molar-refractivity contribution in [3.8, 4) is 11.5 Å². The first kappa shape index (κ1) is 37.0. The van der Waals surface area contributed by atoms with Gasteiger partial charge < -0.3 is 27.4 Å². The van der Waals surface area contributed by atoms with E-state index >= 15 is 0 Å². The molecule has 0 N–H and O–H groups in total. The molecule has 0 radical (unpaired) electrons. The van der Waals surface area contributed by atoms with E-state index in [1.54, 1.807) is 4.90 Å². The van der Waals surface area contributed by atoms with Crippen molar-refractivity contribution in [3.05, 3.63) is 59.7 Å². The highest BCUT2D eigenvalue weighted by Gasteiger charge is 2.31. The maximum absolute atomic E-state index is 12.7. The number of nitrogens with zero attached hydrogens (tertiary/aromatic N) is 3. The molecular weight excluding hydrogens is 638 g/mol. The Morgan fingerprint density at radius 2 is 1.45 bits per heavy atom. The molecule has 0 fully saturated rings. The van der Waals surface area contributed by atoms with Crippen LogP contribution in [0.5, 0.6) is 11.5 Å². The first-order chi connectivity index (χ1) is 20.0. The molecule has 0 aromatic heterocycles. The van der Waals surface area contributed by atoms with Crippen molar-refractivity contribution in [3.63, 3.8) is 0 Å². The van der Waals surface area contributed by atoms with Crippen molar-refractivity contribution < 1.29 is 36.5 Å². The van der Waals surface area contributed by atoms with Gasteiger partial charge in [-0.3, -0.25) is 14.0 Å².